The number of hydrogen-bond acceptors (Lipinski definition) is 1. The lowest BCUT2D eigenvalue weighted by atomic mass is 9.87. The summed E-state index contributed by atoms with van der Waals surface area (Å²) in [6.07, 6.45) is 0.802. The zero-order valence-electron chi connectivity index (χ0n) is 8.39. The molecule has 0 aromatic heterocycles. The van der Waals surface area contributed by atoms with Crippen molar-refractivity contribution in [1.82, 2.24) is 0 Å². The molecule has 0 amide bonds. The Kier molecular flexibility index (Phi) is 2.60. The first-order valence-corrected chi connectivity index (χ1v) is 4.42. The summed E-state index contributed by atoms with van der Waals surface area (Å²) in [5.41, 5.74) is 7.44. The Morgan fingerprint density at radius 1 is 1.31 bits per heavy atom. The highest BCUT2D eigenvalue weighted by Gasteiger charge is 2.13. The molecule has 13 heavy (non-hydrogen) atoms. The van der Waals surface area contributed by atoms with E-state index in [0.717, 1.165) is 12.0 Å². The summed E-state index contributed by atoms with van der Waals surface area (Å²) >= 11 is 0. The molecule has 0 saturated heterocycles. The van der Waals surface area contributed by atoms with Gasteiger partial charge in [-0.15, -0.1) is 0 Å². The van der Waals surface area contributed by atoms with Gasteiger partial charge in [0.2, 0.25) is 0 Å². The van der Waals surface area contributed by atoms with Crippen LogP contribution in [0.1, 0.15) is 26.3 Å². The molecule has 0 aliphatic rings. The second kappa shape index (κ2) is 3.36. The van der Waals surface area contributed by atoms with E-state index in [2.05, 4.69) is 20.8 Å². The molecule has 0 unspecified atom stereocenters. The fourth-order valence-corrected chi connectivity index (χ4v) is 1.30. The van der Waals surface area contributed by atoms with Crippen LogP contribution in [0.4, 0.5) is 10.1 Å². The number of hydrogen-bond donors (Lipinski definition) is 1. The van der Waals surface area contributed by atoms with Crippen LogP contribution in [0.5, 0.6) is 0 Å². The average molecular weight is 181 g/mol. The topological polar surface area (TPSA) is 26.0 Å². The van der Waals surface area contributed by atoms with E-state index < -0.39 is 0 Å². The Balaban J connectivity index is 2.94. The predicted molar refractivity (Wildman–Crippen MR) is 54.0 cm³/mol. The summed E-state index contributed by atoms with van der Waals surface area (Å²) in [6, 6.07) is 4.53. The Hall–Kier alpha value is -1.05. The van der Waals surface area contributed by atoms with Crippen molar-refractivity contribution in [3.05, 3.63) is 29.6 Å². The fraction of sp³-hybridized carbons (Fsp3) is 0.455. The Morgan fingerprint density at radius 3 is 2.46 bits per heavy atom. The van der Waals surface area contributed by atoms with Crippen molar-refractivity contribution in [2.45, 2.75) is 27.2 Å². The van der Waals surface area contributed by atoms with Gasteiger partial charge in [-0.1, -0.05) is 20.8 Å². The lowest BCUT2D eigenvalue weighted by Crippen LogP contribution is -2.11. The first-order chi connectivity index (χ1) is 5.88. The number of nitrogen functional groups attached to an aromatic ring is 1. The van der Waals surface area contributed by atoms with Gasteiger partial charge in [0.1, 0.15) is 5.82 Å². The van der Waals surface area contributed by atoms with Crippen LogP contribution in [0, 0.1) is 11.2 Å². The van der Waals surface area contributed by atoms with Crippen molar-refractivity contribution in [1.29, 1.82) is 0 Å². The minimum atomic E-state index is -0.214. The third-order valence-corrected chi connectivity index (χ3v) is 1.83. The van der Waals surface area contributed by atoms with Crippen LogP contribution >= 0.6 is 0 Å². The summed E-state index contributed by atoms with van der Waals surface area (Å²) in [5.74, 6) is -0.214. The van der Waals surface area contributed by atoms with Crippen molar-refractivity contribution in [2.75, 3.05) is 5.73 Å². The molecule has 0 aliphatic carbocycles. The summed E-state index contributed by atoms with van der Waals surface area (Å²) in [6.45, 7) is 6.33. The van der Waals surface area contributed by atoms with Gasteiger partial charge in [0.05, 0.1) is 0 Å². The standard InChI is InChI=1S/C11H16FN/c1-11(2,3)7-8-6-9(12)4-5-10(8)13/h4-6H,7,13H2,1-3H3. The van der Waals surface area contributed by atoms with Crippen molar-refractivity contribution >= 4 is 5.69 Å². The van der Waals surface area contributed by atoms with Crippen molar-refractivity contribution < 1.29 is 4.39 Å². The largest absolute Gasteiger partial charge is 0.399 e. The predicted octanol–water partition coefficient (Wildman–Crippen LogP) is 3.00. The van der Waals surface area contributed by atoms with E-state index in [-0.39, 0.29) is 11.2 Å². The zero-order valence-corrected chi connectivity index (χ0v) is 8.39. The van der Waals surface area contributed by atoms with E-state index >= 15 is 0 Å². The Labute approximate surface area is 78.8 Å². The number of benzene rings is 1. The Morgan fingerprint density at radius 2 is 1.92 bits per heavy atom. The van der Waals surface area contributed by atoms with Gasteiger partial charge in [-0.2, -0.15) is 0 Å². The molecule has 0 radical (unpaired) electrons. The molecule has 1 rings (SSSR count). The quantitative estimate of drug-likeness (QED) is 0.662. The third kappa shape index (κ3) is 3.05. The highest BCUT2D eigenvalue weighted by atomic mass is 19.1. The maximum absolute atomic E-state index is 12.9. The van der Waals surface area contributed by atoms with E-state index in [1.807, 2.05) is 0 Å². The Bertz CT molecular complexity index is 299. The second-order valence-electron chi connectivity index (χ2n) is 4.58. The van der Waals surface area contributed by atoms with Gasteiger partial charge in [-0.25, -0.2) is 4.39 Å². The van der Waals surface area contributed by atoms with Crippen LogP contribution < -0.4 is 5.73 Å². The molecular formula is C11H16FN. The normalized spacial score (nSPS) is 11.7. The molecule has 1 nitrogen and oxygen atoms in total. The third-order valence-electron chi connectivity index (χ3n) is 1.83. The van der Waals surface area contributed by atoms with Crippen LogP contribution in [0.2, 0.25) is 0 Å². The van der Waals surface area contributed by atoms with E-state index in [4.69, 9.17) is 5.73 Å². The van der Waals surface area contributed by atoms with Crippen molar-refractivity contribution in [3.8, 4) is 0 Å². The summed E-state index contributed by atoms with van der Waals surface area (Å²) in [5, 5.41) is 0. The van der Waals surface area contributed by atoms with Crippen molar-refractivity contribution in [2.24, 2.45) is 5.41 Å². The van der Waals surface area contributed by atoms with E-state index in [0.29, 0.717) is 5.69 Å². The van der Waals surface area contributed by atoms with Gasteiger partial charge < -0.3 is 5.73 Å². The van der Waals surface area contributed by atoms with Crippen molar-refractivity contribution in [3.63, 3.8) is 0 Å². The smallest absolute Gasteiger partial charge is 0.123 e. The first-order valence-electron chi connectivity index (χ1n) is 4.42. The van der Waals surface area contributed by atoms with Gasteiger partial charge in [0, 0.05) is 5.69 Å². The fourth-order valence-electron chi connectivity index (χ4n) is 1.30. The molecule has 0 fully saturated rings. The van der Waals surface area contributed by atoms with Crippen LogP contribution in [-0.4, -0.2) is 0 Å². The lowest BCUT2D eigenvalue weighted by molar-refractivity contribution is 0.411. The number of rotatable bonds is 1. The number of nitrogens with two attached hydrogens (primary N) is 1. The van der Waals surface area contributed by atoms with E-state index in [1.165, 1.54) is 12.1 Å². The van der Waals surface area contributed by atoms with Gasteiger partial charge in [-0.05, 0) is 35.6 Å². The molecule has 2 N–H and O–H groups in total. The molecule has 0 aliphatic heterocycles. The second-order valence-corrected chi connectivity index (χ2v) is 4.58. The van der Waals surface area contributed by atoms with Gasteiger partial charge in [-0.3, -0.25) is 0 Å². The summed E-state index contributed by atoms with van der Waals surface area (Å²) in [4.78, 5) is 0. The zero-order chi connectivity index (χ0) is 10.1. The highest BCUT2D eigenvalue weighted by Crippen LogP contribution is 2.24. The van der Waals surface area contributed by atoms with Crippen LogP contribution in [0.3, 0.4) is 0 Å². The van der Waals surface area contributed by atoms with Crippen LogP contribution in [0.25, 0.3) is 0 Å². The molecule has 0 atom stereocenters. The molecule has 72 valence electrons. The molecular weight excluding hydrogens is 165 g/mol. The maximum atomic E-state index is 12.9. The van der Waals surface area contributed by atoms with Crippen LogP contribution in [-0.2, 0) is 6.42 Å². The van der Waals surface area contributed by atoms with Crippen LogP contribution in [0.15, 0.2) is 18.2 Å². The minimum absolute atomic E-state index is 0.141. The van der Waals surface area contributed by atoms with Gasteiger partial charge >= 0.3 is 0 Å². The summed E-state index contributed by atoms with van der Waals surface area (Å²) in [7, 11) is 0. The van der Waals surface area contributed by atoms with Gasteiger partial charge in [0.15, 0.2) is 0 Å². The van der Waals surface area contributed by atoms with E-state index in [1.54, 1.807) is 6.07 Å². The molecule has 0 spiro atoms. The molecule has 0 saturated carbocycles. The number of halogens is 1. The summed E-state index contributed by atoms with van der Waals surface area (Å²) < 4.78 is 12.9. The molecule has 1 aromatic rings. The lowest BCUT2D eigenvalue weighted by Gasteiger charge is -2.19. The minimum Gasteiger partial charge on any atom is -0.399 e. The molecule has 1 aromatic carbocycles. The highest BCUT2D eigenvalue weighted by molar-refractivity contribution is 5.47. The van der Waals surface area contributed by atoms with E-state index in [9.17, 15) is 4.39 Å². The monoisotopic (exact) mass is 181 g/mol. The molecule has 2 heteroatoms. The SMILES string of the molecule is CC(C)(C)Cc1cc(F)ccc1N. The molecule has 0 heterocycles. The first kappa shape index (κ1) is 10.0. The number of anilines is 1. The average Bonchev–Trinajstić information content (AvgIpc) is 1.94. The van der Waals surface area contributed by atoms with Gasteiger partial charge in [0.25, 0.3) is 0 Å². The molecule has 0 bridgehead atoms. The maximum Gasteiger partial charge on any atom is 0.123 e.